The van der Waals surface area contributed by atoms with E-state index in [4.69, 9.17) is 18.9 Å². The number of methoxy groups -OCH3 is 4. The van der Waals surface area contributed by atoms with E-state index >= 15 is 0 Å². The van der Waals surface area contributed by atoms with Crippen molar-refractivity contribution in [2.24, 2.45) is 0 Å². The Morgan fingerprint density at radius 3 is 2.14 bits per heavy atom. The maximum absolute atomic E-state index is 14.8. The van der Waals surface area contributed by atoms with E-state index in [0.29, 0.717) is 45.5 Å². The van der Waals surface area contributed by atoms with Crippen LogP contribution in [0.1, 0.15) is 0 Å². The average molecular weight is 509 g/mol. The number of hydrogen-bond donors (Lipinski definition) is 4. The summed E-state index contributed by atoms with van der Waals surface area (Å²) in [6.45, 7) is 0. The van der Waals surface area contributed by atoms with Crippen molar-refractivity contribution in [2.75, 3.05) is 39.1 Å². The molecule has 1 heterocycles. The van der Waals surface area contributed by atoms with Crippen LogP contribution in [0.5, 0.6) is 34.5 Å². The Morgan fingerprint density at radius 1 is 0.784 bits per heavy atom. The van der Waals surface area contributed by atoms with Crippen molar-refractivity contribution < 1.29 is 33.6 Å². The summed E-state index contributed by atoms with van der Waals surface area (Å²) in [5.41, 5.74) is 2.13. The third-order valence-corrected chi connectivity index (χ3v) is 5.43. The molecule has 0 spiro atoms. The molecule has 192 valence electrons. The number of rotatable bonds is 9. The lowest BCUT2D eigenvalue weighted by Crippen LogP contribution is -2.05. The molecule has 0 aliphatic carbocycles. The second kappa shape index (κ2) is 10.8. The Bertz CT molecular complexity index is 1410. The van der Waals surface area contributed by atoms with Crippen LogP contribution in [0.2, 0.25) is 0 Å². The van der Waals surface area contributed by atoms with Crippen LogP contribution in [-0.4, -0.2) is 48.6 Å². The lowest BCUT2D eigenvalue weighted by molar-refractivity contribution is 0.324. The van der Waals surface area contributed by atoms with Gasteiger partial charge in [0.25, 0.3) is 0 Å². The van der Waals surface area contributed by atoms with Crippen molar-refractivity contribution in [3.8, 4) is 45.6 Å². The summed E-state index contributed by atoms with van der Waals surface area (Å²) in [4.78, 5) is 8.31. The molecule has 0 amide bonds. The molecule has 3 aromatic carbocycles. The van der Waals surface area contributed by atoms with Crippen LogP contribution < -0.4 is 29.6 Å². The molecule has 0 unspecified atom stereocenters. The van der Waals surface area contributed by atoms with E-state index in [2.05, 4.69) is 20.6 Å². The average Bonchev–Trinajstić information content (AvgIpc) is 2.91. The number of ether oxygens (including phenoxy) is 4. The van der Waals surface area contributed by atoms with E-state index in [-0.39, 0.29) is 23.3 Å². The van der Waals surface area contributed by atoms with Gasteiger partial charge in [0, 0.05) is 29.1 Å². The number of phenolic OH excluding ortho intramolecular Hbond substituents is 2. The first-order chi connectivity index (χ1) is 17.9. The maximum atomic E-state index is 14.8. The minimum atomic E-state index is -0.689. The van der Waals surface area contributed by atoms with E-state index in [0.717, 1.165) is 6.20 Å². The zero-order valence-electron chi connectivity index (χ0n) is 20.5. The molecule has 0 saturated heterocycles. The number of hydrogen-bond acceptors (Lipinski definition) is 10. The minimum absolute atomic E-state index is 0.0978. The van der Waals surface area contributed by atoms with Gasteiger partial charge in [-0.3, -0.25) is 0 Å². The number of aromatic nitrogens is 2. The van der Waals surface area contributed by atoms with Crippen LogP contribution in [0.4, 0.5) is 27.5 Å². The fraction of sp³-hybridized carbons (Fsp3) is 0.154. The Hall–Kier alpha value is -4.93. The largest absolute Gasteiger partial charge is 0.504 e. The minimum Gasteiger partial charge on any atom is -0.504 e. The highest BCUT2D eigenvalue weighted by atomic mass is 19.1. The molecule has 0 aliphatic heterocycles. The van der Waals surface area contributed by atoms with Crippen molar-refractivity contribution in [1.82, 2.24) is 9.97 Å². The summed E-state index contributed by atoms with van der Waals surface area (Å²) in [7, 11) is 6.02. The first-order valence-corrected chi connectivity index (χ1v) is 10.9. The molecule has 4 aromatic rings. The molecule has 0 atom stereocenters. The molecule has 10 nitrogen and oxygen atoms in total. The van der Waals surface area contributed by atoms with Gasteiger partial charge in [0.05, 0.1) is 34.6 Å². The van der Waals surface area contributed by atoms with Gasteiger partial charge < -0.3 is 39.8 Å². The molecule has 4 N–H and O–H groups in total. The normalized spacial score (nSPS) is 10.5. The molecule has 37 heavy (non-hydrogen) atoms. The van der Waals surface area contributed by atoms with Crippen molar-refractivity contribution in [2.45, 2.75) is 0 Å². The van der Waals surface area contributed by atoms with Crippen LogP contribution in [-0.2, 0) is 0 Å². The topological polar surface area (TPSA) is 127 Å². The SMILES string of the molecule is COc1ccc(Nc2nc(Nc3cc(OC)c(OC)c(OC)c3)ncc2F)c(-c2ccc(O)c(O)c2)c1. The smallest absolute Gasteiger partial charge is 0.229 e. The van der Waals surface area contributed by atoms with E-state index < -0.39 is 5.82 Å². The lowest BCUT2D eigenvalue weighted by Gasteiger charge is -2.16. The van der Waals surface area contributed by atoms with Crippen LogP contribution in [0.15, 0.2) is 54.7 Å². The zero-order valence-corrected chi connectivity index (χ0v) is 20.5. The van der Waals surface area contributed by atoms with Crippen LogP contribution in [0.25, 0.3) is 11.1 Å². The van der Waals surface area contributed by atoms with Crippen molar-refractivity contribution >= 4 is 23.1 Å². The fourth-order valence-electron chi connectivity index (χ4n) is 3.61. The van der Waals surface area contributed by atoms with Crippen molar-refractivity contribution in [3.63, 3.8) is 0 Å². The van der Waals surface area contributed by atoms with Gasteiger partial charge in [-0.1, -0.05) is 6.07 Å². The fourth-order valence-corrected chi connectivity index (χ4v) is 3.61. The van der Waals surface area contributed by atoms with Crippen LogP contribution in [0.3, 0.4) is 0 Å². The van der Waals surface area contributed by atoms with Gasteiger partial charge >= 0.3 is 0 Å². The molecule has 4 rings (SSSR count). The van der Waals surface area contributed by atoms with Crippen molar-refractivity contribution in [3.05, 3.63) is 60.5 Å². The second-order valence-corrected chi connectivity index (χ2v) is 7.67. The number of nitrogens with one attached hydrogen (secondary N) is 2. The van der Waals surface area contributed by atoms with E-state index in [1.807, 2.05) is 0 Å². The molecule has 0 fully saturated rings. The van der Waals surface area contributed by atoms with Gasteiger partial charge in [0.2, 0.25) is 11.7 Å². The molecule has 1 aromatic heterocycles. The first-order valence-electron chi connectivity index (χ1n) is 10.9. The third-order valence-electron chi connectivity index (χ3n) is 5.43. The Labute approximate surface area is 212 Å². The van der Waals surface area contributed by atoms with Crippen molar-refractivity contribution in [1.29, 1.82) is 0 Å². The van der Waals surface area contributed by atoms with Gasteiger partial charge in [-0.25, -0.2) is 9.37 Å². The van der Waals surface area contributed by atoms with E-state index in [1.165, 1.54) is 40.6 Å². The molecule has 11 heteroatoms. The summed E-state index contributed by atoms with van der Waals surface area (Å²) in [5, 5.41) is 25.7. The van der Waals surface area contributed by atoms with Gasteiger partial charge in [-0.15, -0.1) is 0 Å². The number of anilines is 4. The molecular weight excluding hydrogens is 483 g/mol. The quantitative estimate of drug-likeness (QED) is 0.224. The highest BCUT2D eigenvalue weighted by Gasteiger charge is 2.16. The molecule has 0 aliphatic rings. The predicted octanol–water partition coefficient (Wildman–Crippen LogP) is 5.22. The predicted molar refractivity (Wildman–Crippen MR) is 136 cm³/mol. The summed E-state index contributed by atoms with van der Waals surface area (Å²) >= 11 is 0. The standard InChI is InChI=1S/C26H25FN4O6/c1-34-16-6-7-19(17(12-16)14-5-8-20(32)21(33)9-14)30-25-18(27)13-28-26(31-25)29-15-10-22(35-2)24(37-4)23(11-15)36-3/h5-13,32-33H,1-4H3,(H2,28,29,30,31). The number of nitrogens with zero attached hydrogens (tertiary/aromatic N) is 2. The number of phenols is 2. The number of aromatic hydroxyl groups is 2. The summed E-state index contributed by atoms with van der Waals surface area (Å²) in [5.74, 6) is 0.573. The highest BCUT2D eigenvalue weighted by Crippen LogP contribution is 2.41. The summed E-state index contributed by atoms with van der Waals surface area (Å²) in [6.07, 6.45) is 1.03. The Kier molecular flexibility index (Phi) is 7.33. The summed E-state index contributed by atoms with van der Waals surface area (Å²) < 4.78 is 36.1. The van der Waals surface area contributed by atoms with Gasteiger partial charge in [-0.2, -0.15) is 4.98 Å². The van der Waals surface area contributed by atoms with Gasteiger partial charge in [0.1, 0.15) is 5.75 Å². The highest BCUT2D eigenvalue weighted by molar-refractivity contribution is 5.83. The molecule has 0 radical (unpaired) electrons. The first kappa shape index (κ1) is 25.2. The lowest BCUT2D eigenvalue weighted by atomic mass is 10.0. The number of halogens is 1. The van der Waals surface area contributed by atoms with Gasteiger partial charge in [-0.05, 0) is 35.9 Å². The second-order valence-electron chi connectivity index (χ2n) is 7.67. The maximum Gasteiger partial charge on any atom is 0.229 e. The van der Waals surface area contributed by atoms with Crippen LogP contribution in [0, 0.1) is 5.82 Å². The Balaban J connectivity index is 1.69. The van der Waals surface area contributed by atoms with E-state index in [9.17, 15) is 14.6 Å². The molecular formula is C26H25FN4O6. The third kappa shape index (κ3) is 5.35. The number of benzene rings is 3. The van der Waals surface area contributed by atoms with Gasteiger partial charge in [0.15, 0.2) is 34.6 Å². The zero-order chi connectivity index (χ0) is 26.5. The summed E-state index contributed by atoms with van der Waals surface area (Å²) in [6, 6.07) is 12.8. The van der Waals surface area contributed by atoms with E-state index in [1.54, 1.807) is 36.4 Å². The monoisotopic (exact) mass is 508 g/mol. The molecule has 0 bridgehead atoms. The van der Waals surface area contributed by atoms with Crippen LogP contribution >= 0.6 is 0 Å². The molecule has 0 saturated carbocycles. The Morgan fingerprint density at radius 2 is 1.51 bits per heavy atom.